The van der Waals surface area contributed by atoms with Crippen molar-refractivity contribution in [3.05, 3.63) is 47.8 Å². The van der Waals surface area contributed by atoms with Crippen molar-refractivity contribution in [2.45, 2.75) is 53.1 Å². The fourth-order valence-electron chi connectivity index (χ4n) is 5.75. The summed E-state index contributed by atoms with van der Waals surface area (Å²) in [7, 11) is 0. The van der Waals surface area contributed by atoms with E-state index in [-0.39, 0.29) is 43.3 Å². The number of amides is 4. The number of aliphatic imine (C=N–C) groups is 1. The van der Waals surface area contributed by atoms with Gasteiger partial charge in [0.15, 0.2) is 5.66 Å². The third-order valence-electron chi connectivity index (χ3n) is 7.58. The van der Waals surface area contributed by atoms with E-state index in [4.69, 9.17) is 39.5 Å². The van der Waals surface area contributed by atoms with E-state index in [2.05, 4.69) is 32.8 Å². The van der Waals surface area contributed by atoms with Crippen molar-refractivity contribution in [2.75, 3.05) is 19.7 Å². The Labute approximate surface area is 255 Å². The van der Waals surface area contributed by atoms with Crippen molar-refractivity contribution in [3.63, 3.8) is 0 Å². The molecule has 1 spiro atoms. The second kappa shape index (κ2) is 10.8. The first-order valence-corrected chi connectivity index (χ1v) is 14.0. The number of alkyl carbamates (subject to hydrolysis) is 1. The molecule has 42 heavy (non-hydrogen) atoms. The lowest BCUT2D eigenvalue weighted by molar-refractivity contribution is -0.231. The van der Waals surface area contributed by atoms with E-state index in [1.165, 1.54) is 4.90 Å². The summed E-state index contributed by atoms with van der Waals surface area (Å²) < 4.78 is 3.08. The van der Waals surface area contributed by atoms with Crippen LogP contribution in [0.3, 0.4) is 0 Å². The van der Waals surface area contributed by atoms with Gasteiger partial charge in [-0.05, 0) is 19.1 Å². The minimum absolute atomic E-state index is 0.0288. The van der Waals surface area contributed by atoms with Crippen LogP contribution in [0.4, 0.5) is 4.79 Å². The number of hydrogen-bond donors (Lipinski definition) is 6. The van der Waals surface area contributed by atoms with Gasteiger partial charge in [-0.2, -0.15) is 0 Å². The number of imide groups is 1. The molecule has 1 aromatic rings. The van der Waals surface area contributed by atoms with Crippen LogP contribution in [0, 0.1) is 6.92 Å². The molecule has 0 saturated carbocycles. The highest BCUT2D eigenvalue weighted by atomic mass is 35.6. The summed E-state index contributed by atoms with van der Waals surface area (Å²) in [6.07, 6.45) is -1.03. The quantitative estimate of drug-likeness (QED) is 0.143. The molecular weight excluding hydrogens is 617 g/mol. The highest BCUT2D eigenvalue weighted by Crippen LogP contribution is 2.45. The van der Waals surface area contributed by atoms with Crippen molar-refractivity contribution < 1.29 is 34.1 Å². The van der Waals surface area contributed by atoms with E-state index < -0.39 is 63.8 Å². The van der Waals surface area contributed by atoms with E-state index in [0.717, 1.165) is 10.5 Å². The molecule has 17 heteroatoms. The molecule has 6 N–H and O–H groups in total. The van der Waals surface area contributed by atoms with Crippen molar-refractivity contribution >= 4 is 64.6 Å². The molecule has 4 atom stereocenters. The summed E-state index contributed by atoms with van der Waals surface area (Å²) >= 11 is 17.1. The monoisotopic (exact) mass is 643 g/mol. The molecule has 5 rings (SSSR count). The molecule has 3 unspecified atom stereocenters. The van der Waals surface area contributed by atoms with Gasteiger partial charge in [0.1, 0.15) is 12.6 Å². The number of carbonyl (C=O) groups excluding carboxylic acids is 4. The number of alkyl halides is 3. The average molecular weight is 645 g/mol. The molecule has 3 saturated heterocycles. The predicted molar refractivity (Wildman–Crippen MR) is 150 cm³/mol. The second-order valence-electron chi connectivity index (χ2n) is 10.5. The van der Waals surface area contributed by atoms with Gasteiger partial charge in [0.2, 0.25) is 27.4 Å². The van der Waals surface area contributed by atoms with Gasteiger partial charge in [-0.1, -0.05) is 59.1 Å². The van der Waals surface area contributed by atoms with Gasteiger partial charge in [-0.3, -0.25) is 24.6 Å². The van der Waals surface area contributed by atoms with Gasteiger partial charge in [0, 0.05) is 24.9 Å². The van der Waals surface area contributed by atoms with Gasteiger partial charge in [0.05, 0.1) is 24.4 Å². The minimum Gasteiger partial charge on any atom is -0.445 e. The second-order valence-corrected chi connectivity index (χ2v) is 13.0. The molecule has 4 aliphatic heterocycles. The Morgan fingerprint density at radius 1 is 1.24 bits per heavy atom. The van der Waals surface area contributed by atoms with Crippen LogP contribution in [0.25, 0.3) is 0 Å². The van der Waals surface area contributed by atoms with Crippen molar-refractivity contribution in [3.8, 4) is 0 Å². The number of carbonyl (C=O) groups is 4. The maximum Gasteiger partial charge on any atom is 0.414 e. The van der Waals surface area contributed by atoms with E-state index in [9.17, 15) is 29.4 Å². The summed E-state index contributed by atoms with van der Waals surface area (Å²) in [5.74, 6) is -4.18. The number of ether oxygens (including phenoxy) is 1. The maximum atomic E-state index is 13.2. The first-order chi connectivity index (χ1) is 19.6. The predicted octanol–water partition coefficient (Wildman–Crippen LogP) is -0.198. The summed E-state index contributed by atoms with van der Waals surface area (Å²) in [6, 6.07) is 3.35. The number of aryl methyl sites for hydroxylation is 1. The maximum absolute atomic E-state index is 13.2. The average Bonchev–Trinajstić information content (AvgIpc) is 3.49. The van der Waals surface area contributed by atoms with E-state index in [1.807, 2.05) is 13.0 Å². The Kier molecular flexibility index (Phi) is 7.73. The number of rotatable bonds is 5. The fraction of sp³-hybridized carbons (Fsp3) is 0.480. The van der Waals surface area contributed by atoms with E-state index >= 15 is 0 Å². The van der Waals surface area contributed by atoms with Gasteiger partial charge in [0.25, 0.3) is 5.91 Å². The number of nitrogens with zero attached hydrogens (tertiary/aromatic N) is 3. The van der Waals surface area contributed by atoms with Crippen molar-refractivity contribution in [2.24, 2.45) is 4.99 Å². The van der Waals surface area contributed by atoms with Crippen LogP contribution in [0.1, 0.15) is 28.8 Å². The summed E-state index contributed by atoms with van der Waals surface area (Å²) in [5.41, 5.74) is -0.786. The Hall–Kier alpha value is -3.30. The number of halogens is 3. The first kappa shape index (κ1) is 30.2. The lowest BCUT2D eigenvalue weighted by atomic mass is 9.85. The highest BCUT2D eigenvalue weighted by molar-refractivity contribution is 6.67. The van der Waals surface area contributed by atoms with Crippen LogP contribution >= 0.6 is 34.8 Å². The van der Waals surface area contributed by atoms with Crippen molar-refractivity contribution in [1.29, 1.82) is 0 Å². The Morgan fingerprint density at radius 3 is 2.57 bits per heavy atom. The molecule has 0 radical (unpaired) electrons. The fourth-order valence-corrected chi connectivity index (χ4v) is 5.91. The van der Waals surface area contributed by atoms with E-state index in [1.54, 1.807) is 18.2 Å². The standard InChI is InChI=1S/C25H28Cl3N7O7/c1-12-4-3-5-14(8-12)20(38)31-16-10-35-21(32-22(39)42-11-23(26,27)28)30-15(9-34-17(36)6-7-18(34)37)19-24(35,25(16,40)41)33-13(2)29-19/h3-5,8,15-16,19,29,33,40-41H,2,6-7,9-11H2,1H3,(H,31,38)(H,30,32,39)/t15-,16?,19?,24?/m0/s1. The molecule has 0 aliphatic carbocycles. The van der Waals surface area contributed by atoms with Gasteiger partial charge >= 0.3 is 6.09 Å². The minimum atomic E-state index is -2.73. The molecule has 14 nitrogen and oxygen atoms in total. The van der Waals surface area contributed by atoms with Crippen LogP contribution < -0.4 is 21.3 Å². The molecule has 4 aliphatic rings. The molecule has 0 aromatic heterocycles. The van der Waals surface area contributed by atoms with Crippen LogP contribution in [0.2, 0.25) is 0 Å². The number of hydrogen-bond acceptors (Lipinski definition) is 11. The Bertz CT molecular complexity index is 1370. The molecule has 226 valence electrons. The van der Waals surface area contributed by atoms with Crippen LogP contribution in [-0.2, 0) is 14.3 Å². The number of aliphatic hydroxyl groups is 2. The number of likely N-dealkylation sites (tertiary alicyclic amines) is 1. The smallest absolute Gasteiger partial charge is 0.414 e. The van der Waals surface area contributed by atoms with Gasteiger partial charge in [-0.25, -0.2) is 9.79 Å². The molecular formula is C25H28Cl3N7O7. The van der Waals surface area contributed by atoms with E-state index in [0.29, 0.717) is 0 Å². The SMILES string of the molecule is C=C1NC2[C@H](CN3C(=O)CCC3=O)N=C(NC(=O)OCC(Cl)(Cl)Cl)N3CC(NC(=O)c4cccc(C)c4)C(O)(O)C23N1. The highest BCUT2D eigenvalue weighted by Gasteiger charge is 2.74. The zero-order valence-electron chi connectivity index (χ0n) is 22.2. The molecule has 4 heterocycles. The Balaban J connectivity index is 1.51. The third-order valence-corrected chi connectivity index (χ3v) is 7.91. The largest absolute Gasteiger partial charge is 0.445 e. The topological polar surface area (TPSA) is 185 Å². The molecule has 0 bridgehead atoms. The normalized spacial score (nSPS) is 28.0. The van der Waals surface area contributed by atoms with Gasteiger partial charge < -0.3 is 35.8 Å². The first-order valence-electron chi connectivity index (χ1n) is 12.9. The van der Waals surface area contributed by atoms with Crippen LogP contribution in [0.15, 0.2) is 41.7 Å². The molecule has 4 amide bonds. The molecule has 3 fully saturated rings. The lowest BCUT2D eigenvalue weighted by Crippen LogP contribution is -2.78. The summed E-state index contributed by atoms with van der Waals surface area (Å²) in [5, 5.41) is 34.6. The van der Waals surface area contributed by atoms with Crippen LogP contribution in [0.5, 0.6) is 0 Å². The zero-order valence-corrected chi connectivity index (χ0v) is 24.5. The van der Waals surface area contributed by atoms with Crippen molar-refractivity contribution in [1.82, 2.24) is 31.1 Å². The number of guanidine groups is 1. The zero-order chi connectivity index (χ0) is 30.6. The third kappa shape index (κ3) is 5.33. The number of nitrogens with one attached hydrogen (secondary N) is 4. The van der Waals surface area contributed by atoms with Crippen LogP contribution in [-0.4, -0.2) is 103 Å². The lowest BCUT2D eigenvalue weighted by Gasteiger charge is -2.49. The summed E-state index contributed by atoms with van der Waals surface area (Å²) in [4.78, 5) is 57.7. The summed E-state index contributed by atoms with van der Waals surface area (Å²) in [6.45, 7) is 4.56. The number of benzene rings is 1. The molecule has 1 aromatic carbocycles. The Morgan fingerprint density at radius 2 is 1.93 bits per heavy atom. The van der Waals surface area contributed by atoms with Gasteiger partial charge in [-0.15, -0.1) is 0 Å².